The lowest BCUT2D eigenvalue weighted by Crippen LogP contribution is -2.43. The largest absolute Gasteiger partial charge is 0.369 e. The minimum Gasteiger partial charge on any atom is -0.369 e. The third kappa shape index (κ3) is 3.31. The van der Waals surface area contributed by atoms with Gasteiger partial charge in [-0.1, -0.05) is 6.42 Å². The summed E-state index contributed by atoms with van der Waals surface area (Å²) >= 11 is 0. The smallest absolute Gasteiger partial charge is 0.224 e. The molecule has 4 heteroatoms. The van der Waals surface area contributed by atoms with E-state index in [4.69, 9.17) is 0 Å². The van der Waals surface area contributed by atoms with E-state index in [1.54, 1.807) is 0 Å². The number of benzene rings is 1. The van der Waals surface area contributed by atoms with Crippen molar-refractivity contribution in [3.63, 3.8) is 0 Å². The van der Waals surface area contributed by atoms with Gasteiger partial charge in [-0.25, -0.2) is 0 Å². The van der Waals surface area contributed by atoms with E-state index in [2.05, 4.69) is 27.7 Å². The number of anilines is 2. The first kappa shape index (κ1) is 13.4. The van der Waals surface area contributed by atoms with Crippen molar-refractivity contribution in [2.75, 3.05) is 36.4 Å². The molecule has 1 saturated heterocycles. The van der Waals surface area contributed by atoms with Crippen molar-refractivity contribution >= 4 is 17.3 Å². The van der Waals surface area contributed by atoms with Gasteiger partial charge in [0, 0.05) is 44.0 Å². The molecule has 0 aromatic heterocycles. The topological polar surface area (TPSA) is 44.4 Å². The highest BCUT2D eigenvalue weighted by Crippen LogP contribution is 2.29. The zero-order chi connectivity index (χ0) is 13.8. The third-order valence-corrected chi connectivity index (χ3v) is 4.33. The van der Waals surface area contributed by atoms with Crippen molar-refractivity contribution in [1.29, 1.82) is 0 Å². The summed E-state index contributed by atoms with van der Waals surface area (Å²) in [6, 6.07) is 8.22. The van der Waals surface area contributed by atoms with Gasteiger partial charge in [-0.15, -0.1) is 0 Å². The number of amides is 1. The van der Waals surface area contributed by atoms with Crippen LogP contribution in [0.2, 0.25) is 0 Å². The maximum atomic E-state index is 11.9. The molecule has 1 aromatic rings. The molecular weight excluding hydrogens is 250 g/mol. The maximum absolute atomic E-state index is 11.9. The quantitative estimate of drug-likeness (QED) is 0.884. The number of carbonyl (C=O) groups is 1. The fraction of sp³-hybridized carbons (Fsp3) is 0.562. The summed E-state index contributed by atoms with van der Waals surface area (Å²) < 4.78 is 0. The first-order chi connectivity index (χ1) is 9.81. The molecule has 0 bridgehead atoms. The molecular formula is C16H23N3O. The molecule has 1 aliphatic carbocycles. The van der Waals surface area contributed by atoms with Crippen LogP contribution in [-0.4, -0.2) is 32.1 Å². The number of carbonyl (C=O) groups excluding carboxylic acids is 1. The number of nitrogens with one attached hydrogen (secondary N) is 2. The predicted octanol–water partition coefficient (Wildman–Crippen LogP) is 2.22. The van der Waals surface area contributed by atoms with Gasteiger partial charge in [-0.2, -0.15) is 0 Å². The summed E-state index contributed by atoms with van der Waals surface area (Å²) in [5.41, 5.74) is 2.15. The first-order valence-electron chi connectivity index (χ1n) is 7.67. The molecule has 0 radical (unpaired) electrons. The minimum atomic E-state index is 0.157. The standard InChI is InChI=1S/C16H23N3O/c20-16(12-13-2-1-3-13)18-14-4-6-15(7-5-14)19-10-8-17-9-11-19/h4-7,13,17H,1-3,8-12H2,(H,18,20). The van der Waals surface area contributed by atoms with Gasteiger partial charge < -0.3 is 15.5 Å². The van der Waals surface area contributed by atoms with Crippen molar-refractivity contribution in [3.05, 3.63) is 24.3 Å². The number of hydrogen-bond donors (Lipinski definition) is 2. The van der Waals surface area contributed by atoms with Crippen LogP contribution in [-0.2, 0) is 4.79 Å². The normalized spacial score (nSPS) is 19.5. The van der Waals surface area contributed by atoms with Crippen LogP contribution in [0.5, 0.6) is 0 Å². The van der Waals surface area contributed by atoms with Gasteiger partial charge in [-0.05, 0) is 43.0 Å². The van der Waals surface area contributed by atoms with Crippen molar-refractivity contribution in [2.24, 2.45) is 5.92 Å². The van der Waals surface area contributed by atoms with E-state index in [0.29, 0.717) is 12.3 Å². The van der Waals surface area contributed by atoms with Crippen molar-refractivity contribution in [1.82, 2.24) is 5.32 Å². The van der Waals surface area contributed by atoms with E-state index >= 15 is 0 Å². The lowest BCUT2D eigenvalue weighted by Gasteiger charge is -2.29. The highest BCUT2D eigenvalue weighted by molar-refractivity contribution is 5.91. The molecule has 4 nitrogen and oxygen atoms in total. The Labute approximate surface area is 120 Å². The molecule has 1 aliphatic heterocycles. The lowest BCUT2D eigenvalue weighted by molar-refractivity contribution is -0.117. The van der Waals surface area contributed by atoms with Crippen LogP contribution in [0.25, 0.3) is 0 Å². The van der Waals surface area contributed by atoms with E-state index < -0.39 is 0 Å². The summed E-state index contributed by atoms with van der Waals surface area (Å²) in [5.74, 6) is 0.778. The van der Waals surface area contributed by atoms with Crippen molar-refractivity contribution in [2.45, 2.75) is 25.7 Å². The highest BCUT2D eigenvalue weighted by Gasteiger charge is 2.20. The van der Waals surface area contributed by atoms with Crippen LogP contribution < -0.4 is 15.5 Å². The van der Waals surface area contributed by atoms with E-state index in [1.807, 2.05) is 12.1 Å². The van der Waals surface area contributed by atoms with Gasteiger partial charge in [0.15, 0.2) is 0 Å². The molecule has 2 N–H and O–H groups in total. The second-order valence-electron chi connectivity index (χ2n) is 5.83. The van der Waals surface area contributed by atoms with E-state index in [0.717, 1.165) is 31.9 Å². The molecule has 0 atom stereocenters. The Bertz CT molecular complexity index is 447. The summed E-state index contributed by atoms with van der Waals surface area (Å²) in [6.07, 6.45) is 4.40. The second kappa shape index (κ2) is 6.27. The highest BCUT2D eigenvalue weighted by atomic mass is 16.1. The molecule has 0 spiro atoms. The Kier molecular flexibility index (Phi) is 4.21. The first-order valence-corrected chi connectivity index (χ1v) is 7.67. The lowest BCUT2D eigenvalue weighted by atomic mass is 9.83. The average molecular weight is 273 g/mol. The Hall–Kier alpha value is -1.55. The molecule has 2 fully saturated rings. The Balaban J connectivity index is 1.53. The molecule has 0 unspecified atom stereocenters. The molecule has 2 aliphatic rings. The molecule has 1 heterocycles. The Morgan fingerprint density at radius 1 is 1.20 bits per heavy atom. The fourth-order valence-corrected chi connectivity index (χ4v) is 2.85. The van der Waals surface area contributed by atoms with Crippen LogP contribution in [0.4, 0.5) is 11.4 Å². The minimum absolute atomic E-state index is 0.157. The molecule has 3 rings (SSSR count). The van der Waals surface area contributed by atoms with Crippen molar-refractivity contribution in [3.8, 4) is 0 Å². The summed E-state index contributed by atoms with van der Waals surface area (Å²) in [5, 5.41) is 6.35. The average Bonchev–Trinajstić information content (AvgIpc) is 2.45. The maximum Gasteiger partial charge on any atom is 0.224 e. The Morgan fingerprint density at radius 3 is 2.50 bits per heavy atom. The van der Waals surface area contributed by atoms with E-state index in [1.165, 1.54) is 24.9 Å². The fourth-order valence-electron chi connectivity index (χ4n) is 2.85. The number of hydrogen-bond acceptors (Lipinski definition) is 3. The molecule has 1 aromatic carbocycles. The van der Waals surface area contributed by atoms with Gasteiger partial charge in [-0.3, -0.25) is 4.79 Å². The second-order valence-corrected chi connectivity index (χ2v) is 5.83. The number of rotatable bonds is 4. The summed E-state index contributed by atoms with van der Waals surface area (Å²) in [6.45, 7) is 4.18. The molecule has 108 valence electrons. The van der Waals surface area contributed by atoms with Crippen LogP contribution in [0.1, 0.15) is 25.7 Å². The van der Waals surface area contributed by atoms with E-state index in [-0.39, 0.29) is 5.91 Å². The number of nitrogens with zero attached hydrogens (tertiary/aromatic N) is 1. The van der Waals surface area contributed by atoms with Gasteiger partial charge in [0.05, 0.1) is 0 Å². The zero-order valence-electron chi connectivity index (χ0n) is 11.9. The Morgan fingerprint density at radius 2 is 1.90 bits per heavy atom. The monoisotopic (exact) mass is 273 g/mol. The molecule has 20 heavy (non-hydrogen) atoms. The van der Waals surface area contributed by atoms with Crippen LogP contribution in [0.15, 0.2) is 24.3 Å². The molecule has 1 saturated carbocycles. The molecule has 1 amide bonds. The van der Waals surface area contributed by atoms with Gasteiger partial charge in [0.1, 0.15) is 0 Å². The SMILES string of the molecule is O=C(CC1CCC1)Nc1ccc(N2CCNCC2)cc1. The summed E-state index contributed by atoms with van der Waals surface area (Å²) in [7, 11) is 0. The zero-order valence-corrected chi connectivity index (χ0v) is 11.9. The van der Waals surface area contributed by atoms with Gasteiger partial charge >= 0.3 is 0 Å². The predicted molar refractivity (Wildman–Crippen MR) is 82.1 cm³/mol. The van der Waals surface area contributed by atoms with Crippen LogP contribution in [0.3, 0.4) is 0 Å². The third-order valence-electron chi connectivity index (χ3n) is 4.33. The van der Waals surface area contributed by atoms with Crippen molar-refractivity contribution < 1.29 is 4.79 Å². The van der Waals surface area contributed by atoms with Gasteiger partial charge in [0.2, 0.25) is 5.91 Å². The number of piperazine rings is 1. The van der Waals surface area contributed by atoms with Crippen LogP contribution >= 0.6 is 0 Å². The summed E-state index contributed by atoms with van der Waals surface area (Å²) in [4.78, 5) is 14.2. The van der Waals surface area contributed by atoms with E-state index in [9.17, 15) is 4.79 Å². The van der Waals surface area contributed by atoms with Gasteiger partial charge in [0.25, 0.3) is 0 Å². The van der Waals surface area contributed by atoms with Crippen LogP contribution in [0, 0.1) is 5.92 Å².